The Labute approximate surface area is 120 Å². The van der Waals surface area contributed by atoms with Crippen molar-refractivity contribution in [2.45, 2.75) is 17.4 Å². The first-order chi connectivity index (χ1) is 9.28. The van der Waals surface area contributed by atoms with Gasteiger partial charge in [-0.05, 0) is 17.9 Å². The van der Waals surface area contributed by atoms with Crippen LogP contribution in [0.15, 0.2) is 46.9 Å². The number of thiazole rings is 1. The van der Waals surface area contributed by atoms with E-state index >= 15 is 0 Å². The fourth-order valence-electron chi connectivity index (χ4n) is 2.18. The fourth-order valence-corrected chi connectivity index (χ4v) is 3.57. The average molecular weight is 289 g/mol. The van der Waals surface area contributed by atoms with Crippen LogP contribution < -0.4 is 5.73 Å². The van der Waals surface area contributed by atoms with E-state index in [4.69, 9.17) is 5.73 Å². The number of hydrogen-bond acceptors (Lipinski definition) is 4. The molecule has 19 heavy (non-hydrogen) atoms. The van der Waals surface area contributed by atoms with Gasteiger partial charge in [-0.15, -0.1) is 23.1 Å². The largest absolute Gasteiger partial charge is 0.324 e. The van der Waals surface area contributed by atoms with E-state index in [1.807, 2.05) is 22.0 Å². The molecule has 2 aromatic heterocycles. The predicted octanol–water partition coefficient (Wildman–Crippen LogP) is 3.36. The number of fused-ring (bicyclic) bond motifs is 1. The molecule has 3 aromatic rings. The summed E-state index contributed by atoms with van der Waals surface area (Å²) in [6.45, 7) is 0. The molecule has 1 atom stereocenters. The minimum absolute atomic E-state index is 0.00624. The highest BCUT2D eigenvalue weighted by molar-refractivity contribution is 7.98. The monoisotopic (exact) mass is 289 g/mol. The van der Waals surface area contributed by atoms with Gasteiger partial charge in [0.15, 0.2) is 4.96 Å². The Morgan fingerprint density at radius 2 is 2.26 bits per heavy atom. The maximum absolute atomic E-state index is 6.33. The van der Waals surface area contributed by atoms with E-state index in [9.17, 15) is 0 Å². The molecule has 5 heteroatoms. The van der Waals surface area contributed by atoms with Crippen LogP contribution in [0.1, 0.15) is 17.3 Å². The van der Waals surface area contributed by atoms with E-state index in [0.29, 0.717) is 0 Å². The lowest BCUT2D eigenvalue weighted by Gasteiger charge is -2.14. The summed E-state index contributed by atoms with van der Waals surface area (Å²) < 4.78 is 2.05. The summed E-state index contributed by atoms with van der Waals surface area (Å²) in [5.74, 6) is 0. The van der Waals surface area contributed by atoms with Crippen molar-refractivity contribution in [3.8, 4) is 0 Å². The molecule has 0 aliphatic carbocycles. The Hall–Kier alpha value is -1.30. The topological polar surface area (TPSA) is 43.3 Å². The zero-order chi connectivity index (χ0) is 13.2. The molecule has 98 valence electrons. The van der Waals surface area contributed by atoms with Gasteiger partial charge in [0.25, 0.3) is 0 Å². The predicted molar refractivity (Wildman–Crippen MR) is 81.9 cm³/mol. The number of rotatable bonds is 4. The van der Waals surface area contributed by atoms with E-state index in [0.717, 1.165) is 17.1 Å². The van der Waals surface area contributed by atoms with Crippen LogP contribution in [-0.2, 0) is 6.42 Å². The Morgan fingerprint density at radius 3 is 3.05 bits per heavy atom. The van der Waals surface area contributed by atoms with Gasteiger partial charge in [0.1, 0.15) is 0 Å². The number of benzene rings is 1. The van der Waals surface area contributed by atoms with Gasteiger partial charge in [0, 0.05) is 35.1 Å². The second-order valence-electron chi connectivity index (χ2n) is 4.38. The van der Waals surface area contributed by atoms with E-state index < -0.39 is 0 Å². The molecule has 2 N–H and O–H groups in total. The van der Waals surface area contributed by atoms with Crippen LogP contribution in [0.2, 0.25) is 0 Å². The van der Waals surface area contributed by atoms with Crippen LogP contribution in [0.5, 0.6) is 0 Å². The highest BCUT2D eigenvalue weighted by Gasteiger charge is 2.13. The van der Waals surface area contributed by atoms with E-state index in [2.05, 4.69) is 35.6 Å². The van der Waals surface area contributed by atoms with Gasteiger partial charge < -0.3 is 5.73 Å². The molecular formula is C14H15N3S2. The Balaban J connectivity index is 1.84. The second-order valence-corrected chi connectivity index (χ2v) is 6.10. The molecule has 1 aromatic carbocycles. The smallest absolute Gasteiger partial charge is 0.193 e. The van der Waals surface area contributed by atoms with Crippen molar-refractivity contribution in [1.29, 1.82) is 0 Å². The summed E-state index contributed by atoms with van der Waals surface area (Å²) in [6, 6.07) is 8.31. The third-order valence-corrected chi connectivity index (χ3v) is 4.69. The molecule has 1 unspecified atom stereocenters. The average Bonchev–Trinajstić information content (AvgIpc) is 2.99. The molecule has 0 saturated heterocycles. The Morgan fingerprint density at radius 1 is 1.42 bits per heavy atom. The van der Waals surface area contributed by atoms with Crippen LogP contribution >= 0.6 is 23.1 Å². The number of thioether (sulfide) groups is 1. The normalized spacial score (nSPS) is 12.9. The quantitative estimate of drug-likeness (QED) is 0.749. The van der Waals surface area contributed by atoms with Crippen LogP contribution in [0.3, 0.4) is 0 Å². The lowest BCUT2D eigenvalue weighted by molar-refractivity contribution is 0.697. The maximum Gasteiger partial charge on any atom is 0.193 e. The third kappa shape index (κ3) is 2.54. The van der Waals surface area contributed by atoms with Crippen molar-refractivity contribution in [2.24, 2.45) is 5.73 Å². The highest BCUT2D eigenvalue weighted by Crippen LogP contribution is 2.26. The second kappa shape index (κ2) is 5.36. The number of nitrogens with two attached hydrogens (primary N) is 1. The molecule has 0 fully saturated rings. The Kier molecular flexibility index (Phi) is 3.59. The van der Waals surface area contributed by atoms with Crippen LogP contribution in [0.4, 0.5) is 0 Å². The lowest BCUT2D eigenvalue weighted by atomic mass is 10.0. The van der Waals surface area contributed by atoms with Gasteiger partial charge in [-0.3, -0.25) is 4.40 Å². The molecule has 0 saturated carbocycles. The van der Waals surface area contributed by atoms with E-state index in [1.165, 1.54) is 10.5 Å². The molecule has 0 radical (unpaired) electrons. The standard InChI is InChI=1S/C14H15N3S2/c1-18-13-5-3-2-4-11(13)12(15)8-10-9-17-6-7-19-14(17)16-10/h2-7,9,12H,8,15H2,1H3. The number of nitrogens with zero attached hydrogens (tertiary/aromatic N) is 2. The molecule has 0 bridgehead atoms. The molecule has 3 rings (SSSR count). The molecular weight excluding hydrogens is 274 g/mol. The van der Waals surface area contributed by atoms with Crippen LogP contribution in [0.25, 0.3) is 4.96 Å². The summed E-state index contributed by atoms with van der Waals surface area (Å²) in [4.78, 5) is 6.86. The molecule has 2 heterocycles. The number of aromatic nitrogens is 2. The minimum Gasteiger partial charge on any atom is -0.324 e. The molecule has 3 nitrogen and oxygen atoms in total. The molecule has 0 spiro atoms. The third-order valence-electron chi connectivity index (χ3n) is 3.11. The van der Waals surface area contributed by atoms with Crippen molar-refractivity contribution >= 4 is 28.1 Å². The van der Waals surface area contributed by atoms with Gasteiger partial charge >= 0.3 is 0 Å². The highest BCUT2D eigenvalue weighted by atomic mass is 32.2. The van der Waals surface area contributed by atoms with Crippen molar-refractivity contribution in [3.05, 3.63) is 53.3 Å². The molecule has 0 aliphatic rings. The van der Waals surface area contributed by atoms with Gasteiger partial charge in [-0.1, -0.05) is 18.2 Å². The van der Waals surface area contributed by atoms with Crippen molar-refractivity contribution in [2.75, 3.05) is 6.26 Å². The van der Waals surface area contributed by atoms with Crippen molar-refractivity contribution in [3.63, 3.8) is 0 Å². The number of hydrogen-bond donors (Lipinski definition) is 1. The molecule has 0 amide bonds. The first-order valence-electron chi connectivity index (χ1n) is 6.07. The summed E-state index contributed by atoms with van der Waals surface area (Å²) in [5.41, 5.74) is 8.59. The van der Waals surface area contributed by atoms with Gasteiger partial charge in [-0.2, -0.15) is 0 Å². The first-order valence-corrected chi connectivity index (χ1v) is 8.18. The van der Waals surface area contributed by atoms with Crippen molar-refractivity contribution in [1.82, 2.24) is 9.38 Å². The zero-order valence-corrected chi connectivity index (χ0v) is 12.2. The van der Waals surface area contributed by atoms with Gasteiger partial charge in [-0.25, -0.2) is 4.98 Å². The summed E-state index contributed by atoms with van der Waals surface area (Å²) in [7, 11) is 0. The van der Waals surface area contributed by atoms with Crippen molar-refractivity contribution < 1.29 is 0 Å². The van der Waals surface area contributed by atoms with Crippen LogP contribution in [-0.4, -0.2) is 15.6 Å². The summed E-state index contributed by atoms with van der Waals surface area (Å²) in [5, 5.41) is 2.04. The SMILES string of the molecule is CSc1ccccc1C(N)Cc1cn2ccsc2n1. The van der Waals surface area contributed by atoms with E-state index in [-0.39, 0.29) is 6.04 Å². The fraction of sp³-hybridized carbons (Fsp3) is 0.214. The van der Waals surface area contributed by atoms with Gasteiger partial charge in [0.05, 0.1) is 5.69 Å². The van der Waals surface area contributed by atoms with E-state index in [1.54, 1.807) is 23.1 Å². The zero-order valence-electron chi connectivity index (χ0n) is 10.6. The lowest BCUT2D eigenvalue weighted by Crippen LogP contribution is -2.14. The van der Waals surface area contributed by atoms with Gasteiger partial charge in [0.2, 0.25) is 0 Å². The molecule has 0 aliphatic heterocycles. The maximum atomic E-state index is 6.33. The van der Waals surface area contributed by atoms with Crippen LogP contribution in [0, 0.1) is 0 Å². The summed E-state index contributed by atoms with van der Waals surface area (Å²) in [6.07, 6.45) is 6.94. The minimum atomic E-state index is -0.00624. The number of imidazole rings is 1. The summed E-state index contributed by atoms with van der Waals surface area (Å²) >= 11 is 3.38. The first kappa shape index (κ1) is 12.7. The Bertz CT molecular complexity index is 658.